The molecule has 0 aliphatic rings. The number of ether oxygens (including phenoxy) is 1. The van der Waals surface area contributed by atoms with Crippen LogP contribution in [0.4, 0.5) is 4.39 Å². The largest absolute Gasteiger partial charge is 0.483 e. The molecule has 1 amide bonds. The summed E-state index contributed by atoms with van der Waals surface area (Å²) in [5.74, 6) is -0.136. The Morgan fingerprint density at radius 1 is 1.53 bits per heavy atom. The van der Waals surface area contributed by atoms with Crippen molar-refractivity contribution in [1.29, 1.82) is 0 Å². The van der Waals surface area contributed by atoms with Crippen LogP contribution in [0.5, 0.6) is 5.75 Å². The summed E-state index contributed by atoms with van der Waals surface area (Å²) in [4.78, 5) is 11.5. The molecule has 1 aromatic rings. The van der Waals surface area contributed by atoms with Crippen molar-refractivity contribution >= 4 is 34.2 Å². The molecule has 0 saturated heterocycles. The van der Waals surface area contributed by atoms with Crippen LogP contribution in [0, 0.1) is 5.82 Å². The molecule has 0 aromatic heterocycles. The quantitative estimate of drug-likeness (QED) is 0.822. The second-order valence-corrected chi connectivity index (χ2v) is 4.71. The Morgan fingerprint density at radius 3 is 2.79 bits per heavy atom. The number of carbonyl (C=O) groups excluding carboxylic acids is 1. The van der Waals surface area contributed by atoms with Crippen LogP contribution in [-0.4, -0.2) is 32.1 Å². The maximum Gasteiger partial charge on any atom is 0.257 e. The molecular weight excluding hydrogens is 338 g/mol. The van der Waals surface area contributed by atoms with Gasteiger partial charge in [0.15, 0.2) is 6.61 Å². The molecule has 0 fully saturated rings. The fourth-order valence-corrected chi connectivity index (χ4v) is 1.62. The van der Waals surface area contributed by atoms with Gasteiger partial charge in [0.05, 0.1) is 4.47 Å². The Balaban J connectivity index is 0.00000324. The molecule has 0 aliphatic carbocycles. The number of hydrogen-bond acceptors (Lipinski definition) is 3. The van der Waals surface area contributed by atoms with Gasteiger partial charge in [-0.25, -0.2) is 4.39 Å². The lowest BCUT2D eigenvalue weighted by Crippen LogP contribution is -2.39. The van der Waals surface area contributed by atoms with Crippen molar-refractivity contribution in [2.45, 2.75) is 13.0 Å². The number of amides is 1. The molecule has 0 heterocycles. The Bertz CT molecular complexity index is 421. The first-order chi connectivity index (χ1) is 8.52. The van der Waals surface area contributed by atoms with Gasteiger partial charge in [0.2, 0.25) is 0 Å². The van der Waals surface area contributed by atoms with Crippen molar-refractivity contribution in [3.05, 3.63) is 28.5 Å². The number of hydrogen-bond donors (Lipinski definition) is 2. The molecular formula is C12H17BrClFN2O2. The van der Waals surface area contributed by atoms with E-state index in [1.54, 1.807) is 0 Å². The molecule has 108 valence electrons. The number of carbonyl (C=O) groups is 1. The second kappa shape index (κ2) is 9.12. The van der Waals surface area contributed by atoms with E-state index in [1.165, 1.54) is 18.2 Å². The summed E-state index contributed by atoms with van der Waals surface area (Å²) in [5, 5.41) is 5.72. The minimum absolute atomic E-state index is 0. The lowest BCUT2D eigenvalue weighted by molar-refractivity contribution is -0.123. The predicted molar refractivity (Wildman–Crippen MR) is 78.4 cm³/mol. The third-order valence-corrected chi connectivity index (χ3v) is 2.97. The molecule has 7 heteroatoms. The van der Waals surface area contributed by atoms with Crippen LogP contribution in [0.3, 0.4) is 0 Å². The van der Waals surface area contributed by atoms with E-state index < -0.39 is 0 Å². The molecule has 1 aromatic carbocycles. The first kappa shape index (κ1) is 18.1. The van der Waals surface area contributed by atoms with Gasteiger partial charge in [-0.15, -0.1) is 12.4 Å². The van der Waals surface area contributed by atoms with E-state index in [2.05, 4.69) is 26.6 Å². The van der Waals surface area contributed by atoms with E-state index >= 15 is 0 Å². The van der Waals surface area contributed by atoms with E-state index in [0.717, 1.165) is 0 Å². The smallest absolute Gasteiger partial charge is 0.257 e. The Morgan fingerprint density at radius 2 is 2.21 bits per heavy atom. The van der Waals surface area contributed by atoms with Crippen LogP contribution in [0.1, 0.15) is 6.92 Å². The molecule has 1 atom stereocenters. The van der Waals surface area contributed by atoms with Gasteiger partial charge in [0.1, 0.15) is 11.6 Å². The van der Waals surface area contributed by atoms with Crippen molar-refractivity contribution in [3.63, 3.8) is 0 Å². The van der Waals surface area contributed by atoms with Gasteiger partial charge in [-0.1, -0.05) is 0 Å². The molecule has 0 radical (unpaired) electrons. The maximum absolute atomic E-state index is 12.8. The summed E-state index contributed by atoms with van der Waals surface area (Å²) in [6.45, 7) is 2.39. The summed E-state index contributed by atoms with van der Waals surface area (Å²) in [5.41, 5.74) is 0. The highest BCUT2D eigenvalue weighted by Crippen LogP contribution is 2.25. The number of rotatable bonds is 6. The van der Waals surface area contributed by atoms with Crippen LogP contribution in [0.2, 0.25) is 0 Å². The van der Waals surface area contributed by atoms with E-state index in [0.29, 0.717) is 16.8 Å². The van der Waals surface area contributed by atoms with Gasteiger partial charge in [0, 0.05) is 12.6 Å². The first-order valence-electron chi connectivity index (χ1n) is 5.54. The van der Waals surface area contributed by atoms with Crippen LogP contribution in [0.15, 0.2) is 22.7 Å². The second-order valence-electron chi connectivity index (χ2n) is 3.86. The third kappa shape index (κ3) is 6.75. The number of nitrogens with one attached hydrogen (secondary N) is 2. The normalized spacial score (nSPS) is 11.4. The van der Waals surface area contributed by atoms with Gasteiger partial charge in [-0.2, -0.15) is 0 Å². The van der Waals surface area contributed by atoms with Crippen LogP contribution >= 0.6 is 28.3 Å². The molecule has 0 spiro atoms. The van der Waals surface area contributed by atoms with Crippen molar-refractivity contribution in [2.24, 2.45) is 0 Å². The average molecular weight is 356 g/mol. The van der Waals surface area contributed by atoms with Crippen LogP contribution in [-0.2, 0) is 4.79 Å². The zero-order valence-corrected chi connectivity index (χ0v) is 13.1. The van der Waals surface area contributed by atoms with E-state index in [9.17, 15) is 9.18 Å². The molecule has 0 aliphatic heterocycles. The summed E-state index contributed by atoms with van der Waals surface area (Å²) < 4.78 is 18.6. The summed E-state index contributed by atoms with van der Waals surface area (Å²) in [6.07, 6.45) is 0. The minimum Gasteiger partial charge on any atom is -0.483 e. The summed E-state index contributed by atoms with van der Waals surface area (Å²) in [7, 11) is 1.82. The molecule has 1 unspecified atom stereocenters. The zero-order valence-electron chi connectivity index (χ0n) is 10.7. The highest BCUT2D eigenvalue weighted by atomic mass is 79.9. The Kier molecular flexibility index (Phi) is 8.71. The number of likely N-dealkylation sites (N-methyl/N-ethyl adjacent to an activating group) is 1. The van der Waals surface area contributed by atoms with E-state index in [4.69, 9.17) is 4.74 Å². The van der Waals surface area contributed by atoms with Gasteiger partial charge in [-0.05, 0) is 48.1 Å². The molecule has 0 bridgehead atoms. The molecule has 19 heavy (non-hydrogen) atoms. The fourth-order valence-electron chi connectivity index (χ4n) is 1.16. The highest BCUT2D eigenvalue weighted by Gasteiger charge is 2.07. The monoisotopic (exact) mass is 354 g/mol. The molecule has 2 N–H and O–H groups in total. The molecule has 1 rings (SSSR count). The summed E-state index contributed by atoms with van der Waals surface area (Å²) >= 11 is 3.16. The topological polar surface area (TPSA) is 50.4 Å². The zero-order chi connectivity index (χ0) is 13.5. The van der Waals surface area contributed by atoms with Crippen LogP contribution in [0.25, 0.3) is 0 Å². The van der Waals surface area contributed by atoms with Gasteiger partial charge < -0.3 is 15.4 Å². The van der Waals surface area contributed by atoms with Gasteiger partial charge >= 0.3 is 0 Å². The third-order valence-electron chi connectivity index (χ3n) is 2.35. The lowest BCUT2D eigenvalue weighted by atomic mass is 10.3. The van der Waals surface area contributed by atoms with E-state index in [1.807, 2.05) is 14.0 Å². The highest BCUT2D eigenvalue weighted by molar-refractivity contribution is 9.10. The lowest BCUT2D eigenvalue weighted by Gasteiger charge is -2.12. The Hall–Kier alpha value is -0.850. The van der Waals surface area contributed by atoms with Crippen molar-refractivity contribution < 1.29 is 13.9 Å². The standard InChI is InChI=1S/C12H16BrFN2O2.ClH/c1-8(15-2)6-16-12(17)7-18-11-4-3-9(14)5-10(11)13;/h3-5,8,15H,6-7H2,1-2H3,(H,16,17);1H. The minimum atomic E-state index is -0.360. The van der Waals surface area contributed by atoms with Crippen molar-refractivity contribution in [1.82, 2.24) is 10.6 Å². The number of benzene rings is 1. The molecule has 4 nitrogen and oxygen atoms in total. The average Bonchev–Trinajstić information content (AvgIpc) is 2.34. The summed E-state index contributed by atoms with van der Waals surface area (Å²) in [6, 6.07) is 4.24. The van der Waals surface area contributed by atoms with Gasteiger partial charge in [-0.3, -0.25) is 4.79 Å². The number of halogens is 3. The van der Waals surface area contributed by atoms with Gasteiger partial charge in [0.25, 0.3) is 5.91 Å². The fraction of sp³-hybridized carbons (Fsp3) is 0.417. The first-order valence-corrected chi connectivity index (χ1v) is 6.34. The Labute approximate surface area is 126 Å². The molecule has 0 saturated carbocycles. The SMILES string of the molecule is CNC(C)CNC(=O)COc1ccc(F)cc1Br.Cl. The maximum atomic E-state index is 12.8. The van der Waals surface area contributed by atoms with Crippen LogP contribution < -0.4 is 15.4 Å². The predicted octanol–water partition coefficient (Wildman–Crippen LogP) is 2.11. The van der Waals surface area contributed by atoms with Crippen molar-refractivity contribution in [2.75, 3.05) is 20.2 Å². The van der Waals surface area contributed by atoms with Crippen molar-refractivity contribution in [3.8, 4) is 5.75 Å². The van der Waals surface area contributed by atoms with E-state index in [-0.39, 0.29) is 36.8 Å².